The van der Waals surface area contributed by atoms with Gasteiger partial charge in [-0.15, -0.1) is 0 Å². The molecule has 1 aliphatic rings. The van der Waals surface area contributed by atoms with Crippen LogP contribution in [0.5, 0.6) is 0 Å². The zero-order chi connectivity index (χ0) is 16.6. The van der Waals surface area contributed by atoms with E-state index in [0.29, 0.717) is 0 Å². The van der Waals surface area contributed by atoms with E-state index in [1.807, 2.05) is 0 Å². The van der Waals surface area contributed by atoms with Gasteiger partial charge in [-0.1, -0.05) is 0 Å². The molecule has 0 N–H and O–H groups in total. The van der Waals surface area contributed by atoms with Crippen molar-refractivity contribution < 1.29 is 17.6 Å². The first-order chi connectivity index (χ1) is 10.9. The summed E-state index contributed by atoms with van der Waals surface area (Å²) in [6, 6.07) is 0. The maximum atomic E-state index is 12.8. The molecule has 0 radical (unpaired) electrons. The van der Waals surface area contributed by atoms with Gasteiger partial charge in [-0.2, -0.15) is 9.40 Å². The molecule has 0 bridgehead atoms. The number of hydrogen-bond donors (Lipinski definition) is 0. The molecule has 11 heteroatoms. The minimum Gasteiger partial charge on any atom is -0.278 e. The van der Waals surface area contributed by atoms with Crippen LogP contribution in [0, 0.1) is 5.82 Å². The van der Waals surface area contributed by atoms with Crippen molar-refractivity contribution in [2.75, 3.05) is 24.5 Å². The normalized spacial score (nSPS) is 16.8. The monoisotopic (exact) mass is 340 g/mol. The Labute approximate surface area is 131 Å². The van der Waals surface area contributed by atoms with Crippen molar-refractivity contribution in [2.24, 2.45) is 7.05 Å². The Morgan fingerprint density at radius 1 is 1.17 bits per heavy atom. The van der Waals surface area contributed by atoms with Crippen LogP contribution >= 0.6 is 0 Å². The summed E-state index contributed by atoms with van der Waals surface area (Å²) in [4.78, 5) is 20.9. The second-order valence-electron chi connectivity index (χ2n) is 4.93. The zero-order valence-electron chi connectivity index (χ0n) is 12.1. The Morgan fingerprint density at radius 2 is 1.87 bits per heavy atom. The van der Waals surface area contributed by atoms with Crippen molar-refractivity contribution in [1.82, 2.24) is 24.1 Å². The first kappa shape index (κ1) is 15.5. The molecule has 3 heterocycles. The fourth-order valence-electron chi connectivity index (χ4n) is 2.19. The Hall–Kier alpha value is -2.40. The first-order valence-corrected chi connectivity index (χ1v) is 8.08. The van der Waals surface area contributed by atoms with Gasteiger partial charge >= 0.3 is 0 Å². The molecule has 0 spiro atoms. The van der Waals surface area contributed by atoms with Crippen LogP contribution < -0.4 is 4.90 Å². The Balaban J connectivity index is 1.78. The Bertz CT molecular complexity index is 835. The lowest BCUT2D eigenvalue weighted by Crippen LogP contribution is -2.52. The van der Waals surface area contributed by atoms with Gasteiger partial charge in [0.05, 0.1) is 25.1 Å². The molecule has 3 rings (SSSR count). The van der Waals surface area contributed by atoms with Crippen LogP contribution in [0.1, 0.15) is 0 Å². The van der Waals surface area contributed by atoms with Crippen molar-refractivity contribution in [1.29, 1.82) is 0 Å². The molecule has 2 aromatic heterocycles. The quantitative estimate of drug-likeness (QED) is 0.738. The number of hydrogen-bond acceptors (Lipinski definition) is 6. The van der Waals surface area contributed by atoms with E-state index in [4.69, 9.17) is 0 Å². The SMILES string of the molecule is Cn1cc(S(=O)(=O)N2CCN(c3ncc(F)cn3)C(=O)C2)cn1. The molecule has 0 saturated carbocycles. The third-order valence-corrected chi connectivity index (χ3v) is 5.15. The maximum Gasteiger partial charge on any atom is 0.246 e. The van der Waals surface area contributed by atoms with Gasteiger partial charge in [0.1, 0.15) is 4.90 Å². The fraction of sp³-hybridized carbons (Fsp3) is 0.333. The molecule has 0 unspecified atom stereocenters. The largest absolute Gasteiger partial charge is 0.278 e. The van der Waals surface area contributed by atoms with Gasteiger partial charge < -0.3 is 0 Å². The molecule has 1 aliphatic heterocycles. The van der Waals surface area contributed by atoms with Gasteiger partial charge in [-0.3, -0.25) is 14.4 Å². The molecule has 0 aliphatic carbocycles. The number of halogens is 1. The number of anilines is 1. The summed E-state index contributed by atoms with van der Waals surface area (Å²) in [5.74, 6) is -1.04. The summed E-state index contributed by atoms with van der Waals surface area (Å²) in [7, 11) is -2.18. The Morgan fingerprint density at radius 3 is 2.43 bits per heavy atom. The lowest BCUT2D eigenvalue weighted by Gasteiger charge is -2.31. The highest BCUT2D eigenvalue weighted by molar-refractivity contribution is 7.89. The third kappa shape index (κ3) is 2.92. The van der Waals surface area contributed by atoms with E-state index in [2.05, 4.69) is 15.1 Å². The second kappa shape index (κ2) is 5.66. The van der Waals surface area contributed by atoms with Crippen LogP contribution in [-0.2, 0) is 21.9 Å². The number of rotatable bonds is 3. The van der Waals surface area contributed by atoms with Crippen LogP contribution in [0.25, 0.3) is 0 Å². The predicted molar refractivity (Wildman–Crippen MR) is 76.3 cm³/mol. The summed E-state index contributed by atoms with van der Waals surface area (Å²) < 4.78 is 40.2. The average Bonchev–Trinajstić information content (AvgIpc) is 2.95. The van der Waals surface area contributed by atoms with Gasteiger partial charge in [0.25, 0.3) is 0 Å². The van der Waals surface area contributed by atoms with Crippen LogP contribution in [0.4, 0.5) is 10.3 Å². The van der Waals surface area contributed by atoms with Crippen LogP contribution in [0.15, 0.2) is 29.7 Å². The third-order valence-electron chi connectivity index (χ3n) is 3.35. The maximum absolute atomic E-state index is 12.8. The van der Waals surface area contributed by atoms with E-state index in [1.165, 1.54) is 22.0 Å². The van der Waals surface area contributed by atoms with Crippen molar-refractivity contribution >= 4 is 21.9 Å². The van der Waals surface area contributed by atoms with Crippen LogP contribution in [0.2, 0.25) is 0 Å². The van der Waals surface area contributed by atoms with Crippen molar-refractivity contribution in [2.45, 2.75) is 4.90 Å². The van der Waals surface area contributed by atoms with Crippen LogP contribution in [0.3, 0.4) is 0 Å². The van der Waals surface area contributed by atoms with E-state index in [0.717, 1.165) is 16.7 Å². The topological polar surface area (TPSA) is 101 Å². The Kier molecular flexibility index (Phi) is 3.82. The number of aryl methyl sites for hydroxylation is 1. The highest BCUT2D eigenvalue weighted by atomic mass is 32.2. The van der Waals surface area contributed by atoms with Crippen molar-refractivity contribution in [3.05, 3.63) is 30.6 Å². The molecule has 9 nitrogen and oxygen atoms in total. The van der Waals surface area contributed by atoms with E-state index in [1.54, 1.807) is 7.05 Å². The number of aromatic nitrogens is 4. The standard InChI is InChI=1S/C12H13FN6O3S/c1-17-7-10(6-16-17)23(21,22)18-2-3-19(11(20)8-18)12-14-4-9(13)5-15-12/h4-7H,2-3,8H2,1H3. The average molecular weight is 340 g/mol. The van der Waals surface area contributed by atoms with Gasteiger partial charge in [-0.25, -0.2) is 22.8 Å². The number of sulfonamides is 1. The lowest BCUT2D eigenvalue weighted by molar-refractivity contribution is -0.120. The molecule has 23 heavy (non-hydrogen) atoms. The van der Waals surface area contributed by atoms with E-state index in [9.17, 15) is 17.6 Å². The van der Waals surface area contributed by atoms with Gasteiger partial charge in [-0.05, 0) is 0 Å². The molecule has 0 aromatic carbocycles. The summed E-state index contributed by atoms with van der Waals surface area (Å²) in [5, 5.41) is 3.83. The molecule has 122 valence electrons. The number of piperazine rings is 1. The smallest absolute Gasteiger partial charge is 0.246 e. The summed E-state index contributed by atoms with van der Waals surface area (Å²) >= 11 is 0. The molecule has 1 amide bonds. The summed E-state index contributed by atoms with van der Waals surface area (Å²) in [6.45, 7) is -0.161. The van der Waals surface area contributed by atoms with Gasteiger partial charge in [0, 0.05) is 26.3 Å². The van der Waals surface area contributed by atoms with Crippen molar-refractivity contribution in [3.63, 3.8) is 0 Å². The number of nitrogens with zero attached hydrogens (tertiary/aromatic N) is 6. The van der Waals surface area contributed by atoms with Crippen molar-refractivity contribution in [3.8, 4) is 0 Å². The molecular weight excluding hydrogens is 327 g/mol. The fourth-order valence-corrected chi connectivity index (χ4v) is 3.56. The highest BCUT2D eigenvalue weighted by Gasteiger charge is 2.34. The minimum atomic E-state index is -3.78. The van der Waals surface area contributed by atoms with E-state index < -0.39 is 21.7 Å². The number of carbonyl (C=O) groups excluding carboxylic acids is 1. The number of amides is 1. The molecule has 2 aromatic rings. The van der Waals surface area contributed by atoms with Gasteiger partial charge in [0.2, 0.25) is 21.9 Å². The first-order valence-electron chi connectivity index (χ1n) is 6.64. The van der Waals surface area contributed by atoms with Gasteiger partial charge in [0.15, 0.2) is 5.82 Å². The molecule has 1 fully saturated rings. The molecule has 0 atom stereocenters. The molecule has 1 saturated heterocycles. The predicted octanol–water partition coefficient (Wildman–Crippen LogP) is -0.613. The highest BCUT2D eigenvalue weighted by Crippen LogP contribution is 2.19. The number of carbonyl (C=O) groups is 1. The van der Waals surface area contributed by atoms with Crippen LogP contribution in [-0.4, -0.2) is 58.0 Å². The summed E-state index contributed by atoms with van der Waals surface area (Å²) in [5.41, 5.74) is 0. The zero-order valence-corrected chi connectivity index (χ0v) is 12.9. The lowest BCUT2D eigenvalue weighted by atomic mass is 10.4. The second-order valence-corrected chi connectivity index (χ2v) is 6.87. The summed E-state index contributed by atoms with van der Waals surface area (Å²) in [6.07, 6.45) is 4.51. The molecular formula is C12H13FN6O3S. The van der Waals surface area contributed by atoms with E-state index >= 15 is 0 Å². The van der Waals surface area contributed by atoms with E-state index in [-0.39, 0.29) is 30.5 Å². The minimum absolute atomic E-state index is 0.0271.